The fourth-order valence-electron chi connectivity index (χ4n) is 1.81. The Kier molecular flexibility index (Phi) is 3.85. The predicted molar refractivity (Wildman–Crippen MR) is 70.7 cm³/mol. The largest absolute Gasteiger partial charge is 0.321 e. The molecule has 2 aliphatic heterocycles. The number of rotatable bonds is 1. The molecule has 0 aromatic heterocycles. The molecule has 6 heteroatoms. The molecule has 4 nitrogen and oxygen atoms in total. The molecule has 2 aliphatic rings. The lowest BCUT2D eigenvalue weighted by molar-refractivity contribution is 0.0357. The average Bonchev–Trinajstić information content (AvgIpc) is 2.24. The molecule has 95 valence electrons. The van der Waals surface area contributed by atoms with Crippen LogP contribution in [0, 0.1) is 5.41 Å². The Hall–Kier alpha value is 0.620. The number of nitrogens with zero attached hydrogens (tertiary/aromatic N) is 2. The third-order valence-electron chi connectivity index (χ3n) is 3.08. The van der Waals surface area contributed by atoms with E-state index in [0.717, 1.165) is 39.4 Å². The van der Waals surface area contributed by atoms with Gasteiger partial charge >= 0.3 is 0 Å². The summed E-state index contributed by atoms with van der Waals surface area (Å²) in [5, 5.41) is 0. The van der Waals surface area contributed by atoms with Gasteiger partial charge in [0.1, 0.15) is 0 Å². The van der Waals surface area contributed by atoms with E-state index in [1.165, 1.54) is 0 Å². The van der Waals surface area contributed by atoms with Crippen LogP contribution in [0.25, 0.3) is 0 Å². The van der Waals surface area contributed by atoms with Crippen LogP contribution in [-0.4, -0.2) is 56.0 Å². The Balaban J connectivity index is 1.93. The topological polar surface area (TPSA) is 24.9 Å². The first-order valence-electron chi connectivity index (χ1n) is 5.76. The summed E-state index contributed by atoms with van der Waals surface area (Å²) in [7, 11) is 0.101. The highest BCUT2D eigenvalue weighted by Gasteiger charge is 2.42. The van der Waals surface area contributed by atoms with Gasteiger partial charge in [-0.15, -0.1) is 0 Å². The lowest BCUT2D eigenvalue weighted by atomic mass is 9.97. The van der Waals surface area contributed by atoms with Gasteiger partial charge in [-0.3, -0.25) is 0 Å². The van der Waals surface area contributed by atoms with Crippen LogP contribution < -0.4 is 0 Å². The highest BCUT2D eigenvalue weighted by molar-refractivity contribution is 8.48. The maximum Gasteiger partial charge on any atom is 0.229 e. The van der Waals surface area contributed by atoms with Crippen molar-refractivity contribution in [1.82, 2.24) is 9.57 Å². The van der Waals surface area contributed by atoms with E-state index in [9.17, 15) is 0 Å². The molecule has 2 rings (SSSR count). The van der Waals surface area contributed by atoms with Gasteiger partial charge in [0, 0.05) is 31.6 Å². The summed E-state index contributed by atoms with van der Waals surface area (Å²) in [5.41, 5.74) is 0.124. The second-order valence-corrected chi connectivity index (χ2v) is 9.04. The minimum Gasteiger partial charge on any atom is -0.321 e. The number of hydrogen-bond donors (Lipinski definition) is 1. The zero-order valence-electron chi connectivity index (χ0n) is 10.3. The van der Waals surface area contributed by atoms with Crippen LogP contribution in [0.4, 0.5) is 0 Å². The Morgan fingerprint density at radius 3 is 2.06 bits per heavy atom. The van der Waals surface area contributed by atoms with Crippen molar-refractivity contribution in [3.63, 3.8) is 0 Å². The molecule has 0 spiro atoms. The molecular weight excluding hydrogens is 243 g/mol. The second kappa shape index (κ2) is 4.71. The van der Waals surface area contributed by atoms with Crippen LogP contribution in [-0.2, 0) is 9.05 Å². The molecule has 0 bridgehead atoms. The predicted octanol–water partition coefficient (Wildman–Crippen LogP) is 1.91. The van der Waals surface area contributed by atoms with E-state index in [1.807, 2.05) is 0 Å². The van der Waals surface area contributed by atoms with Crippen molar-refractivity contribution in [2.75, 3.05) is 46.4 Å². The molecule has 0 aromatic carbocycles. The van der Waals surface area contributed by atoms with Gasteiger partial charge in [-0.1, -0.05) is 26.1 Å². The average molecular weight is 265 g/mol. The quantitative estimate of drug-likeness (QED) is 0.578. The van der Waals surface area contributed by atoms with Crippen LogP contribution in [0.2, 0.25) is 0 Å². The van der Waals surface area contributed by atoms with E-state index in [1.54, 1.807) is 0 Å². The van der Waals surface area contributed by atoms with E-state index in [4.69, 9.17) is 9.05 Å². The fraction of sp³-hybridized carbons (Fsp3) is 1.00. The lowest BCUT2D eigenvalue weighted by Gasteiger charge is -2.48. The molecule has 0 unspecified atom stereocenters. The van der Waals surface area contributed by atoms with Crippen molar-refractivity contribution in [3.8, 4) is 0 Å². The van der Waals surface area contributed by atoms with Crippen LogP contribution in [0.5, 0.6) is 0 Å². The van der Waals surface area contributed by atoms with E-state index < -0.39 is 7.07 Å². The van der Waals surface area contributed by atoms with Gasteiger partial charge in [0.25, 0.3) is 0 Å². The van der Waals surface area contributed by atoms with Crippen molar-refractivity contribution in [2.24, 2.45) is 5.41 Å². The van der Waals surface area contributed by atoms with Crippen molar-refractivity contribution in [2.45, 2.75) is 13.8 Å². The minimum atomic E-state index is -2.04. The second-order valence-electron chi connectivity index (χ2n) is 5.46. The van der Waals surface area contributed by atoms with Gasteiger partial charge in [0.05, 0.1) is 13.2 Å². The first kappa shape index (κ1) is 13.1. The minimum absolute atomic E-state index is 0.124. The summed E-state index contributed by atoms with van der Waals surface area (Å²) in [6.45, 7) is 9.94. The molecule has 2 heterocycles. The first-order chi connectivity index (χ1) is 7.41. The number of piperazine rings is 1. The van der Waals surface area contributed by atoms with E-state index in [0.29, 0.717) is 0 Å². The Morgan fingerprint density at radius 2 is 1.56 bits per heavy atom. The van der Waals surface area contributed by atoms with Crippen molar-refractivity contribution in [1.29, 1.82) is 0 Å². The molecule has 0 aromatic rings. The summed E-state index contributed by atoms with van der Waals surface area (Å²) < 4.78 is 14.1. The maximum absolute atomic E-state index is 5.92. The summed E-state index contributed by atoms with van der Waals surface area (Å²) in [6, 6.07) is 0. The highest BCUT2D eigenvalue weighted by atomic mass is 32.7. The molecule has 0 aliphatic carbocycles. The summed E-state index contributed by atoms with van der Waals surface area (Å²) >= 11 is 4.67. The Morgan fingerprint density at radius 1 is 1.06 bits per heavy atom. The highest BCUT2D eigenvalue weighted by Crippen LogP contribution is 2.71. The number of hydrogen-bond acceptors (Lipinski definition) is 5. The van der Waals surface area contributed by atoms with Crippen LogP contribution in [0.15, 0.2) is 0 Å². The van der Waals surface area contributed by atoms with Crippen LogP contribution >= 0.6 is 19.3 Å². The molecule has 2 saturated heterocycles. The third kappa shape index (κ3) is 2.89. The monoisotopic (exact) mass is 265 g/mol. The summed E-state index contributed by atoms with van der Waals surface area (Å²) in [4.78, 5) is 2.32. The van der Waals surface area contributed by atoms with Gasteiger partial charge in [0.2, 0.25) is 7.07 Å². The van der Waals surface area contributed by atoms with E-state index in [-0.39, 0.29) is 5.41 Å². The Labute approximate surface area is 104 Å². The van der Waals surface area contributed by atoms with E-state index in [2.05, 4.69) is 42.7 Å². The van der Waals surface area contributed by atoms with Crippen LogP contribution in [0.1, 0.15) is 13.8 Å². The molecule has 0 amide bonds. The van der Waals surface area contributed by atoms with E-state index >= 15 is 0 Å². The molecule has 0 N–H and O–H groups in total. The van der Waals surface area contributed by atoms with Crippen molar-refractivity contribution >= 4 is 19.3 Å². The fourth-order valence-corrected chi connectivity index (χ4v) is 4.81. The molecule has 2 fully saturated rings. The molecular formula is C10H22N2O2PS. The molecule has 0 atom stereocenters. The standard InChI is InChI=1S/C10H22N2O2PS/c1-10(2)8-13-15(16,14-9-10)12-6-4-11(3)5-7-12/h16H,4-9H2,1-3H3. The smallest absolute Gasteiger partial charge is 0.229 e. The SMILES string of the molecule is CN1CCN([P]2(S)OCC(C)(C)CO2)CC1. The Bertz CT molecular complexity index is 247. The first-order valence-corrected chi connectivity index (χ1v) is 8.49. The number of likely N-dealkylation sites (N-methyl/N-ethyl adjacent to an activating group) is 1. The van der Waals surface area contributed by atoms with Gasteiger partial charge < -0.3 is 13.9 Å². The lowest BCUT2D eigenvalue weighted by Crippen LogP contribution is -2.45. The van der Waals surface area contributed by atoms with Gasteiger partial charge in [-0.2, -0.15) is 0 Å². The molecule has 16 heavy (non-hydrogen) atoms. The third-order valence-corrected chi connectivity index (χ3v) is 6.58. The summed E-state index contributed by atoms with van der Waals surface area (Å²) in [5.74, 6) is 0. The zero-order valence-corrected chi connectivity index (χ0v) is 12.1. The van der Waals surface area contributed by atoms with Crippen molar-refractivity contribution in [3.05, 3.63) is 0 Å². The maximum atomic E-state index is 5.92. The zero-order chi connectivity index (χ0) is 11.8. The van der Waals surface area contributed by atoms with Gasteiger partial charge in [-0.25, -0.2) is 4.67 Å². The molecule has 1 radical (unpaired) electrons. The van der Waals surface area contributed by atoms with Crippen LogP contribution in [0.3, 0.4) is 0 Å². The normalized spacial score (nSPS) is 31.5. The molecule has 0 saturated carbocycles. The van der Waals surface area contributed by atoms with Gasteiger partial charge in [0.15, 0.2) is 0 Å². The van der Waals surface area contributed by atoms with Gasteiger partial charge in [-0.05, 0) is 7.05 Å². The number of thiol groups is 1. The van der Waals surface area contributed by atoms with Crippen molar-refractivity contribution < 1.29 is 9.05 Å². The summed E-state index contributed by atoms with van der Waals surface area (Å²) in [6.07, 6.45) is 0.